The largest absolute Gasteiger partial charge is 0.357 e. The molecule has 0 spiro atoms. The molecule has 0 radical (unpaired) electrons. The first-order valence-corrected chi connectivity index (χ1v) is 4.00. The molecular formula is C9H10N2O. The summed E-state index contributed by atoms with van der Waals surface area (Å²) in [5.41, 5.74) is 1.62. The molecule has 0 fully saturated rings. The minimum atomic E-state index is -0.0145. The first kappa shape index (κ1) is 7.16. The predicted molar refractivity (Wildman–Crippen MR) is 46.8 cm³/mol. The highest BCUT2D eigenvalue weighted by molar-refractivity contribution is 5.96. The number of nitrogens with one attached hydrogen (secondary N) is 2. The van der Waals surface area contributed by atoms with Crippen LogP contribution in [-0.4, -0.2) is 17.4 Å². The monoisotopic (exact) mass is 162 g/mol. The van der Waals surface area contributed by atoms with Crippen LogP contribution in [0.1, 0.15) is 22.5 Å². The van der Waals surface area contributed by atoms with E-state index in [1.165, 1.54) is 0 Å². The summed E-state index contributed by atoms with van der Waals surface area (Å²) in [4.78, 5) is 14.3. The molecule has 0 atom stereocenters. The lowest BCUT2D eigenvalue weighted by molar-refractivity contribution is 0.0949. The van der Waals surface area contributed by atoms with Crippen LogP contribution in [0.2, 0.25) is 0 Å². The second-order valence-corrected chi connectivity index (χ2v) is 2.75. The maximum atomic E-state index is 11.3. The van der Waals surface area contributed by atoms with Crippen LogP contribution in [0.15, 0.2) is 18.3 Å². The number of fused-ring (bicyclic) bond motifs is 1. The quantitative estimate of drug-likeness (QED) is 0.590. The molecule has 1 aliphatic rings. The Morgan fingerprint density at radius 2 is 2.33 bits per heavy atom. The normalized spacial score (nSPS) is 16.2. The number of H-pyrrole nitrogens is 1. The summed E-state index contributed by atoms with van der Waals surface area (Å²) in [6.45, 7) is 0.716. The SMILES string of the molecule is O=C1NCCC=Cc2cc[nH]c21. The van der Waals surface area contributed by atoms with Crippen LogP contribution in [0.5, 0.6) is 0 Å². The molecule has 0 aliphatic carbocycles. The van der Waals surface area contributed by atoms with Crippen LogP contribution in [-0.2, 0) is 0 Å². The van der Waals surface area contributed by atoms with Crippen molar-refractivity contribution in [3.8, 4) is 0 Å². The number of aromatic nitrogens is 1. The molecule has 0 unspecified atom stereocenters. The third kappa shape index (κ3) is 1.13. The molecule has 2 N–H and O–H groups in total. The van der Waals surface area contributed by atoms with E-state index in [2.05, 4.69) is 16.4 Å². The smallest absolute Gasteiger partial charge is 0.268 e. The van der Waals surface area contributed by atoms with Gasteiger partial charge in [-0.1, -0.05) is 12.2 Å². The number of amides is 1. The fraction of sp³-hybridized carbons (Fsp3) is 0.222. The van der Waals surface area contributed by atoms with Gasteiger partial charge in [0.2, 0.25) is 0 Å². The highest BCUT2D eigenvalue weighted by atomic mass is 16.1. The standard InChI is InChI=1S/C9H10N2O/c12-9-8-7(4-6-10-8)3-1-2-5-11-9/h1,3-4,6,10H,2,5H2,(H,11,12). The zero-order valence-electron chi connectivity index (χ0n) is 6.63. The molecule has 62 valence electrons. The van der Waals surface area contributed by atoms with Crippen molar-refractivity contribution >= 4 is 12.0 Å². The van der Waals surface area contributed by atoms with Gasteiger partial charge in [-0.25, -0.2) is 0 Å². The Bertz CT molecular complexity index is 325. The first-order valence-electron chi connectivity index (χ1n) is 4.00. The molecule has 0 saturated carbocycles. The molecular weight excluding hydrogens is 152 g/mol. The molecule has 0 aromatic carbocycles. The molecule has 3 heteroatoms. The summed E-state index contributed by atoms with van der Waals surface area (Å²) in [7, 11) is 0. The van der Waals surface area contributed by atoms with Crippen LogP contribution >= 0.6 is 0 Å². The van der Waals surface area contributed by atoms with Gasteiger partial charge in [-0.3, -0.25) is 4.79 Å². The topological polar surface area (TPSA) is 44.9 Å². The van der Waals surface area contributed by atoms with Crippen molar-refractivity contribution in [1.82, 2.24) is 10.3 Å². The summed E-state index contributed by atoms with van der Waals surface area (Å²) in [5.74, 6) is -0.0145. The van der Waals surface area contributed by atoms with Crippen LogP contribution in [0.4, 0.5) is 0 Å². The van der Waals surface area contributed by atoms with E-state index in [1.54, 1.807) is 6.20 Å². The van der Waals surface area contributed by atoms with Gasteiger partial charge in [0.25, 0.3) is 5.91 Å². The second kappa shape index (κ2) is 2.85. The lowest BCUT2D eigenvalue weighted by Gasteiger charge is -2.05. The molecule has 3 nitrogen and oxygen atoms in total. The first-order chi connectivity index (χ1) is 5.88. The van der Waals surface area contributed by atoms with Gasteiger partial charge in [0.15, 0.2) is 0 Å². The lowest BCUT2D eigenvalue weighted by Crippen LogP contribution is -2.25. The Labute approximate surface area is 70.5 Å². The Morgan fingerprint density at radius 3 is 3.25 bits per heavy atom. The lowest BCUT2D eigenvalue weighted by atomic mass is 10.2. The molecule has 1 aliphatic heterocycles. The van der Waals surface area contributed by atoms with E-state index in [1.807, 2.05) is 12.1 Å². The number of carbonyl (C=O) groups is 1. The van der Waals surface area contributed by atoms with E-state index in [0.717, 1.165) is 12.0 Å². The van der Waals surface area contributed by atoms with Crippen molar-refractivity contribution in [2.45, 2.75) is 6.42 Å². The number of rotatable bonds is 0. The average Bonchev–Trinajstić information content (AvgIpc) is 2.47. The zero-order valence-corrected chi connectivity index (χ0v) is 6.63. The number of carbonyl (C=O) groups excluding carboxylic acids is 1. The van der Waals surface area contributed by atoms with Crippen molar-refractivity contribution in [3.63, 3.8) is 0 Å². The summed E-state index contributed by atoms with van der Waals surface area (Å²) < 4.78 is 0. The number of hydrogen-bond acceptors (Lipinski definition) is 1. The molecule has 1 amide bonds. The van der Waals surface area contributed by atoms with Crippen LogP contribution in [0, 0.1) is 0 Å². The van der Waals surface area contributed by atoms with Gasteiger partial charge in [-0.05, 0) is 12.5 Å². The maximum absolute atomic E-state index is 11.3. The summed E-state index contributed by atoms with van der Waals surface area (Å²) in [5, 5.41) is 2.81. The predicted octanol–water partition coefficient (Wildman–Crippen LogP) is 1.16. The molecule has 0 saturated heterocycles. The fourth-order valence-corrected chi connectivity index (χ4v) is 1.28. The maximum Gasteiger partial charge on any atom is 0.268 e. The van der Waals surface area contributed by atoms with Crippen molar-refractivity contribution in [3.05, 3.63) is 29.6 Å². The van der Waals surface area contributed by atoms with Crippen molar-refractivity contribution < 1.29 is 4.79 Å². The van der Waals surface area contributed by atoms with E-state index in [0.29, 0.717) is 12.2 Å². The average molecular weight is 162 g/mol. The van der Waals surface area contributed by atoms with E-state index in [9.17, 15) is 4.79 Å². The van der Waals surface area contributed by atoms with Crippen molar-refractivity contribution in [2.75, 3.05) is 6.54 Å². The molecule has 1 aromatic rings. The minimum absolute atomic E-state index is 0.0145. The molecule has 12 heavy (non-hydrogen) atoms. The van der Waals surface area contributed by atoms with Gasteiger partial charge in [0, 0.05) is 18.3 Å². The Balaban J connectivity index is 2.44. The summed E-state index contributed by atoms with van der Waals surface area (Å²) in [6, 6.07) is 1.90. The van der Waals surface area contributed by atoms with Gasteiger partial charge in [0.05, 0.1) is 0 Å². The van der Waals surface area contributed by atoms with Gasteiger partial charge in [-0.2, -0.15) is 0 Å². The van der Waals surface area contributed by atoms with E-state index < -0.39 is 0 Å². The third-order valence-corrected chi connectivity index (χ3v) is 1.90. The van der Waals surface area contributed by atoms with E-state index in [-0.39, 0.29) is 5.91 Å². The highest BCUT2D eigenvalue weighted by Gasteiger charge is 2.10. The van der Waals surface area contributed by atoms with Crippen LogP contribution < -0.4 is 5.32 Å². The molecule has 0 bridgehead atoms. The van der Waals surface area contributed by atoms with Gasteiger partial charge < -0.3 is 10.3 Å². The third-order valence-electron chi connectivity index (χ3n) is 1.90. The van der Waals surface area contributed by atoms with Crippen molar-refractivity contribution in [2.24, 2.45) is 0 Å². The molecule has 1 aromatic heterocycles. The fourth-order valence-electron chi connectivity index (χ4n) is 1.28. The van der Waals surface area contributed by atoms with Crippen LogP contribution in [0.3, 0.4) is 0 Å². The number of aromatic amines is 1. The highest BCUT2D eigenvalue weighted by Crippen LogP contribution is 2.10. The van der Waals surface area contributed by atoms with Gasteiger partial charge in [0.1, 0.15) is 5.69 Å². The minimum Gasteiger partial charge on any atom is -0.357 e. The van der Waals surface area contributed by atoms with E-state index >= 15 is 0 Å². The summed E-state index contributed by atoms with van der Waals surface area (Å²) in [6.07, 6.45) is 6.72. The molecule has 2 rings (SSSR count). The van der Waals surface area contributed by atoms with Gasteiger partial charge >= 0.3 is 0 Å². The summed E-state index contributed by atoms with van der Waals surface area (Å²) >= 11 is 0. The zero-order chi connectivity index (χ0) is 8.39. The Hall–Kier alpha value is -1.51. The van der Waals surface area contributed by atoms with Crippen LogP contribution in [0.25, 0.3) is 6.08 Å². The Morgan fingerprint density at radius 1 is 1.42 bits per heavy atom. The van der Waals surface area contributed by atoms with Gasteiger partial charge in [-0.15, -0.1) is 0 Å². The van der Waals surface area contributed by atoms with Crippen molar-refractivity contribution in [1.29, 1.82) is 0 Å². The second-order valence-electron chi connectivity index (χ2n) is 2.75. The molecule has 2 heterocycles. The van der Waals surface area contributed by atoms with E-state index in [4.69, 9.17) is 0 Å². The Kier molecular flexibility index (Phi) is 1.70. The number of hydrogen-bond donors (Lipinski definition) is 2.